The Morgan fingerprint density at radius 1 is 1.42 bits per heavy atom. The lowest BCUT2D eigenvalue weighted by Crippen LogP contribution is -2.53. The van der Waals surface area contributed by atoms with Crippen molar-refractivity contribution in [2.45, 2.75) is 32.2 Å². The minimum Gasteiger partial charge on any atom is -0.480 e. The summed E-state index contributed by atoms with van der Waals surface area (Å²) in [5.74, 6) is -1.72. The van der Waals surface area contributed by atoms with Crippen LogP contribution in [0.25, 0.3) is 0 Å². The van der Waals surface area contributed by atoms with Crippen LogP contribution < -0.4 is 5.32 Å². The topological polar surface area (TPSA) is 110 Å². The number of thiophene rings is 1. The average Bonchev–Trinajstić information content (AvgIpc) is 2.85. The van der Waals surface area contributed by atoms with Crippen LogP contribution in [0.1, 0.15) is 36.4 Å². The Labute approximate surface area is 113 Å². The lowest BCUT2D eigenvalue weighted by Gasteiger charge is -2.27. The van der Waals surface area contributed by atoms with E-state index in [9.17, 15) is 24.8 Å². The van der Waals surface area contributed by atoms with E-state index in [-0.39, 0.29) is 22.7 Å². The van der Waals surface area contributed by atoms with Gasteiger partial charge in [0.15, 0.2) is 0 Å². The van der Waals surface area contributed by atoms with Crippen molar-refractivity contribution >= 4 is 28.2 Å². The fraction of sp³-hybridized carbons (Fsp3) is 0.455. The predicted octanol–water partition coefficient (Wildman–Crippen LogP) is 2.03. The fourth-order valence-corrected chi connectivity index (χ4v) is 2.33. The molecule has 0 spiro atoms. The molecule has 0 aromatic carbocycles. The van der Waals surface area contributed by atoms with Gasteiger partial charge >= 0.3 is 11.0 Å². The Balaban J connectivity index is 2.94. The Morgan fingerprint density at radius 2 is 2.00 bits per heavy atom. The van der Waals surface area contributed by atoms with Crippen LogP contribution in [0.4, 0.5) is 5.00 Å². The Morgan fingerprint density at radius 3 is 2.37 bits per heavy atom. The van der Waals surface area contributed by atoms with Crippen molar-refractivity contribution in [3.05, 3.63) is 27.1 Å². The number of aliphatic carboxylic acids is 1. The van der Waals surface area contributed by atoms with E-state index in [1.807, 2.05) is 0 Å². The Bertz CT molecular complexity index is 507. The maximum absolute atomic E-state index is 11.9. The quantitative estimate of drug-likeness (QED) is 0.614. The first-order valence-electron chi connectivity index (χ1n) is 5.66. The second kappa shape index (κ2) is 5.79. The molecule has 1 heterocycles. The van der Waals surface area contributed by atoms with Crippen molar-refractivity contribution < 1.29 is 19.6 Å². The molecule has 0 bridgehead atoms. The zero-order valence-corrected chi connectivity index (χ0v) is 11.3. The molecule has 0 aliphatic carbocycles. The van der Waals surface area contributed by atoms with E-state index >= 15 is 0 Å². The lowest BCUT2D eigenvalue weighted by molar-refractivity contribution is -0.380. The van der Waals surface area contributed by atoms with Crippen LogP contribution in [0, 0.1) is 10.1 Å². The van der Waals surface area contributed by atoms with Crippen LogP contribution in [0.5, 0.6) is 0 Å². The summed E-state index contributed by atoms with van der Waals surface area (Å²) in [5.41, 5.74) is -1.34. The normalized spacial score (nSPS) is 11.1. The van der Waals surface area contributed by atoms with Gasteiger partial charge in [0.25, 0.3) is 5.91 Å². The number of carboxylic acid groups (broad SMARTS) is 1. The molecule has 1 amide bonds. The fourth-order valence-electron chi connectivity index (χ4n) is 1.61. The van der Waals surface area contributed by atoms with Crippen LogP contribution in [-0.2, 0) is 4.79 Å². The van der Waals surface area contributed by atoms with E-state index in [1.54, 1.807) is 13.8 Å². The summed E-state index contributed by atoms with van der Waals surface area (Å²) in [6.45, 7) is 3.32. The first-order valence-corrected chi connectivity index (χ1v) is 6.48. The van der Waals surface area contributed by atoms with E-state index < -0.39 is 22.3 Å². The van der Waals surface area contributed by atoms with Crippen LogP contribution in [0.3, 0.4) is 0 Å². The molecule has 7 nitrogen and oxygen atoms in total. The summed E-state index contributed by atoms with van der Waals surface area (Å²) in [5, 5.41) is 22.0. The van der Waals surface area contributed by atoms with Gasteiger partial charge in [0.1, 0.15) is 5.54 Å². The third kappa shape index (κ3) is 3.08. The lowest BCUT2D eigenvalue weighted by atomic mass is 9.93. The average molecular weight is 286 g/mol. The van der Waals surface area contributed by atoms with Crippen molar-refractivity contribution in [2.75, 3.05) is 0 Å². The number of amides is 1. The molecular weight excluding hydrogens is 272 g/mol. The van der Waals surface area contributed by atoms with Gasteiger partial charge in [-0.15, -0.1) is 0 Å². The molecule has 8 heteroatoms. The number of nitrogens with one attached hydrogen (secondary N) is 1. The Hall–Kier alpha value is -1.96. The van der Waals surface area contributed by atoms with Gasteiger partial charge < -0.3 is 10.4 Å². The van der Waals surface area contributed by atoms with E-state index in [0.717, 1.165) is 11.3 Å². The second-order valence-electron chi connectivity index (χ2n) is 3.94. The second-order valence-corrected chi connectivity index (χ2v) is 5.01. The van der Waals surface area contributed by atoms with Crippen molar-refractivity contribution in [2.24, 2.45) is 0 Å². The van der Waals surface area contributed by atoms with Crippen molar-refractivity contribution in [3.63, 3.8) is 0 Å². The third-order valence-corrected chi connectivity index (χ3v) is 4.00. The molecule has 0 aliphatic heterocycles. The summed E-state index contributed by atoms with van der Waals surface area (Å²) in [6.07, 6.45) is 0.468. The third-order valence-electron chi connectivity index (χ3n) is 2.96. The molecule has 0 radical (unpaired) electrons. The van der Waals surface area contributed by atoms with Crippen LogP contribution >= 0.6 is 11.3 Å². The summed E-state index contributed by atoms with van der Waals surface area (Å²) >= 11 is 0.718. The molecule has 1 aromatic heterocycles. The van der Waals surface area contributed by atoms with Crippen LogP contribution in [-0.4, -0.2) is 27.4 Å². The van der Waals surface area contributed by atoms with Crippen molar-refractivity contribution in [3.8, 4) is 0 Å². The molecule has 0 fully saturated rings. The maximum atomic E-state index is 11.9. The molecule has 1 aromatic rings. The molecule has 1 rings (SSSR count). The summed E-state index contributed by atoms with van der Waals surface area (Å²) < 4.78 is 0. The molecule has 0 aliphatic rings. The summed E-state index contributed by atoms with van der Waals surface area (Å²) in [6, 6.07) is 2.54. The minimum absolute atomic E-state index is 0.124. The largest absolute Gasteiger partial charge is 0.480 e. The van der Waals surface area contributed by atoms with Crippen LogP contribution in [0.15, 0.2) is 12.1 Å². The van der Waals surface area contributed by atoms with Crippen LogP contribution in [0.2, 0.25) is 0 Å². The van der Waals surface area contributed by atoms with E-state index in [1.165, 1.54) is 12.1 Å². The smallest absolute Gasteiger partial charge is 0.329 e. The van der Waals surface area contributed by atoms with Gasteiger partial charge in [-0.05, 0) is 18.9 Å². The van der Waals surface area contributed by atoms with Gasteiger partial charge in [0, 0.05) is 6.07 Å². The highest BCUT2D eigenvalue weighted by Crippen LogP contribution is 2.25. The van der Waals surface area contributed by atoms with E-state index in [2.05, 4.69) is 5.32 Å². The van der Waals surface area contributed by atoms with Gasteiger partial charge in [0.2, 0.25) is 0 Å². The number of nitrogens with zero attached hydrogens (tertiary/aromatic N) is 1. The van der Waals surface area contributed by atoms with Gasteiger partial charge in [-0.2, -0.15) is 0 Å². The van der Waals surface area contributed by atoms with Gasteiger partial charge in [-0.3, -0.25) is 14.9 Å². The predicted molar refractivity (Wildman–Crippen MR) is 69.4 cm³/mol. The molecule has 0 saturated carbocycles. The molecule has 2 N–H and O–H groups in total. The first kappa shape index (κ1) is 15.1. The monoisotopic (exact) mass is 286 g/mol. The molecule has 104 valence electrons. The van der Waals surface area contributed by atoms with Crippen molar-refractivity contribution in [1.82, 2.24) is 5.32 Å². The Kier molecular flexibility index (Phi) is 4.60. The molecule has 0 unspecified atom stereocenters. The number of nitro groups is 1. The van der Waals surface area contributed by atoms with Gasteiger partial charge in [-0.25, -0.2) is 4.79 Å². The number of rotatable bonds is 6. The van der Waals surface area contributed by atoms with Crippen molar-refractivity contribution in [1.29, 1.82) is 0 Å². The number of carbonyl (C=O) groups is 2. The minimum atomic E-state index is -1.34. The molecule has 19 heavy (non-hydrogen) atoms. The van der Waals surface area contributed by atoms with Gasteiger partial charge in [0.05, 0.1) is 9.80 Å². The number of carbonyl (C=O) groups excluding carboxylic acids is 1. The maximum Gasteiger partial charge on any atom is 0.329 e. The molecule has 0 atom stereocenters. The highest BCUT2D eigenvalue weighted by molar-refractivity contribution is 7.17. The first-order chi connectivity index (χ1) is 8.86. The highest BCUT2D eigenvalue weighted by atomic mass is 32.1. The van der Waals surface area contributed by atoms with E-state index in [0.29, 0.717) is 0 Å². The SMILES string of the molecule is CCC(CC)(NC(=O)c1ccc([N+](=O)[O-])s1)C(=O)O. The number of hydrogen-bond acceptors (Lipinski definition) is 5. The highest BCUT2D eigenvalue weighted by Gasteiger charge is 2.37. The standard InChI is InChI=1S/C11H14N2O5S/c1-3-11(4-2,10(15)16)12-9(14)7-5-6-8(19-7)13(17)18/h5-6H,3-4H2,1-2H3,(H,12,14)(H,15,16). The summed E-state index contributed by atoms with van der Waals surface area (Å²) in [4.78, 5) is 33.2. The molecular formula is C11H14N2O5S. The van der Waals surface area contributed by atoms with Gasteiger partial charge in [-0.1, -0.05) is 25.2 Å². The number of hydrogen-bond donors (Lipinski definition) is 2. The number of carboxylic acids is 1. The zero-order valence-electron chi connectivity index (χ0n) is 10.5. The zero-order chi connectivity index (χ0) is 14.6. The molecule has 0 saturated heterocycles. The summed E-state index contributed by atoms with van der Waals surface area (Å²) in [7, 11) is 0. The van der Waals surface area contributed by atoms with E-state index in [4.69, 9.17) is 0 Å².